The molecule has 1 aromatic carbocycles. The van der Waals surface area contributed by atoms with E-state index < -0.39 is 0 Å². The van der Waals surface area contributed by atoms with Gasteiger partial charge in [-0.25, -0.2) is 0 Å². The first-order valence-electron chi connectivity index (χ1n) is 6.56. The first kappa shape index (κ1) is 12.0. The summed E-state index contributed by atoms with van der Waals surface area (Å²) >= 11 is 3.48. The summed E-state index contributed by atoms with van der Waals surface area (Å²) in [5.41, 5.74) is 1.99. The highest BCUT2D eigenvalue weighted by Gasteiger charge is 2.18. The van der Waals surface area contributed by atoms with Gasteiger partial charge in [0.15, 0.2) is 0 Å². The summed E-state index contributed by atoms with van der Waals surface area (Å²) in [6, 6.07) is 8.05. The van der Waals surface area contributed by atoms with Gasteiger partial charge in [0, 0.05) is 15.6 Å². The molecule has 1 N–H and O–H groups in total. The molecular formula is C15H16BrNO. The molecule has 1 aromatic heterocycles. The summed E-state index contributed by atoms with van der Waals surface area (Å²) in [6.07, 6.45) is 6.12. The van der Waals surface area contributed by atoms with Crippen molar-refractivity contribution < 1.29 is 0 Å². The lowest BCUT2D eigenvalue weighted by Gasteiger charge is -2.21. The van der Waals surface area contributed by atoms with E-state index in [1.165, 1.54) is 19.3 Å². The van der Waals surface area contributed by atoms with E-state index in [4.69, 9.17) is 0 Å². The summed E-state index contributed by atoms with van der Waals surface area (Å²) in [7, 11) is 0. The monoisotopic (exact) mass is 305 g/mol. The van der Waals surface area contributed by atoms with Gasteiger partial charge in [0.1, 0.15) is 0 Å². The molecule has 1 saturated carbocycles. The third kappa shape index (κ3) is 2.24. The van der Waals surface area contributed by atoms with Crippen LogP contribution in [0.4, 0.5) is 0 Å². The molecule has 1 fully saturated rings. The number of hydrogen-bond donors (Lipinski definition) is 1. The van der Waals surface area contributed by atoms with Crippen LogP contribution in [0.25, 0.3) is 10.9 Å². The minimum Gasteiger partial charge on any atom is -0.322 e. The molecule has 3 heteroatoms. The van der Waals surface area contributed by atoms with Crippen LogP contribution in [-0.2, 0) is 0 Å². The molecule has 0 radical (unpaired) electrons. The summed E-state index contributed by atoms with van der Waals surface area (Å²) in [6.45, 7) is 0. The van der Waals surface area contributed by atoms with Gasteiger partial charge in [0.2, 0.25) is 0 Å². The Hall–Kier alpha value is -1.09. The number of nitrogens with one attached hydrogen (secondary N) is 1. The van der Waals surface area contributed by atoms with E-state index in [1.807, 2.05) is 12.1 Å². The SMILES string of the molecule is O=c1[nH]c2ccc(Br)cc2cc1C1CCCCC1. The topological polar surface area (TPSA) is 32.9 Å². The maximum Gasteiger partial charge on any atom is 0.251 e. The zero-order valence-electron chi connectivity index (χ0n) is 10.2. The number of halogens is 1. The largest absolute Gasteiger partial charge is 0.322 e. The van der Waals surface area contributed by atoms with Crippen LogP contribution in [-0.4, -0.2) is 4.98 Å². The maximum atomic E-state index is 12.2. The number of benzene rings is 1. The predicted molar refractivity (Wildman–Crippen MR) is 78.1 cm³/mol. The van der Waals surface area contributed by atoms with Crippen molar-refractivity contribution in [3.63, 3.8) is 0 Å². The van der Waals surface area contributed by atoms with Crippen LogP contribution >= 0.6 is 15.9 Å². The van der Waals surface area contributed by atoms with Crippen LogP contribution in [0.2, 0.25) is 0 Å². The highest BCUT2D eigenvalue weighted by atomic mass is 79.9. The molecule has 0 atom stereocenters. The van der Waals surface area contributed by atoms with Gasteiger partial charge in [-0.3, -0.25) is 4.79 Å². The highest BCUT2D eigenvalue weighted by molar-refractivity contribution is 9.10. The van der Waals surface area contributed by atoms with Crippen LogP contribution in [0, 0.1) is 0 Å². The van der Waals surface area contributed by atoms with E-state index in [2.05, 4.69) is 33.0 Å². The molecule has 1 aliphatic rings. The van der Waals surface area contributed by atoms with Crippen LogP contribution in [0.5, 0.6) is 0 Å². The summed E-state index contributed by atoms with van der Waals surface area (Å²) in [5.74, 6) is 0.450. The molecule has 1 heterocycles. The van der Waals surface area contributed by atoms with Crippen molar-refractivity contribution in [2.75, 3.05) is 0 Å². The number of aromatic nitrogens is 1. The second-order valence-electron chi connectivity index (χ2n) is 5.12. The van der Waals surface area contributed by atoms with Crippen molar-refractivity contribution in [1.29, 1.82) is 0 Å². The Morgan fingerprint density at radius 3 is 2.67 bits per heavy atom. The average Bonchev–Trinajstić information content (AvgIpc) is 2.39. The van der Waals surface area contributed by atoms with Gasteiger partial charge >= 0.3 is 0 Å². The third-order valence-corrected chi connectivity index (χ3v) is 4.37. The summed E-state index contributed by atoms with van der Waals surface area (Å²) in [4.78, 5) is 15.2. The van der Waals surface area contributed by atoms with Crippen molar-refractivity contribution >= 4 is 26.8 Å². The van der Waals surface area contributed by atoms with E-state index in [1.54, 1.807) is 0 Å². The maximum absolute atomic E-state index is 12.2. The second-order valence-corrected chi connectivity index (χ2v) is 6.04. The second kappa shape index (κ2) is 4.88. The number of hydrogen-bond acceptors (Lipinski definition) is 1. The van der Waals surface area contributed by atoms with E-state index in [9.17, 15) is 4.79 Å². The molecule has 94 valence electrons. The van der Waals surface area contributed by atoms with E-state index in [0.717, 1.165) is 33.8 Å². The Kier molecular flexibility index (Phi) is 3.25. The molecule has 0 unspecified atom stereocenters. The molecule has 1 aliphatic carbocycles. The van der Waals surface area contributed by atoms with Gasteiger partial charge in [-0.15, -0.1) is 0 Å². The number of rotatable bonds is 1. The molecule has 3 rings (SSSR count). The minimum atomic E-state index is 0.0942. The smallest absolute Gasteiger partial charge is 0.251 e. The lowest BCUT2D eigenvalue weighted by molar-refractivity contribution is 0.441. The molecular weight excluding hydrogens is 290 g/mol. The van der Waals surface area contributed by atoms with Crippen molar-refractivity contribution in [3.05, 3.63) is 44.7 Å². The number of aromatic amines is 1. The molecule has 2 nitrogen and oxygen atoms in total. The normalized spacial score (nSPS) is 17.2. The number of pyridine rings is 1. The van der Waals surface area contributed by atoms with E-state index >= 15 is 0 Å². The van der Waals surface area contributed by atoms with Crippen molar-refractivity contribution in [2.24, 2.45) is 0 Å². The third-order valence-electron chi connectivity index (χ3n) is 3.88. The van der Waals surface area contributed by atoms with Gasteiger partial charge in [-0.1, -0.05) is 35.2 Å². The Morgan fingerprint density at radius 1 is 1.11 bits per heavy atom. The molecule has 0 bridgehead atoms. The standard InChI is InChI=1S/C15H16BrNO/c16-12-6-7-14-11(8-12)9-13(15(18)17-14)10-4-2-1-3-5-10/h6-10H,1-5H2,(H,17,18). The molecule has 2 aromatic rings. The zero-order chi connectivity index (χ0) is 12.5. The molecule has 0 saturated heterocycles. The van der Waals surface area contributed by atoms with Gasteiger partial charge in [-0.05, 0) is 48.4 Å². The fraction of sp³-hybridized carbons (Fsp3) is 0.400. The molecule has 0 aliphatic heterocycles. The molecule has 0 spiro atoms. The first-order chi connectivity index (χ1) is 8.74. The van der Waals surface area contributed by atoms with Crippen LogP contribution in [0.15, 0.2) is 33.5 Å². The minimum absolute atomic E-state index is 0.0942. The van der Waals surface area contributed by atoms with Crippen molar-refractivity contribution in [3.8, 4) is 0 Å². The fourth-order valence-electron chi connectivity index (χ4n) is 2.91. The fourth-order valence-corrected chi connectivity index (χ4v) is 3.29. The van der Waals surface area contributed by atoms with Gasteiger partial charge in [-0.2, -0.15) is 0 Å². The zero-order valence-corrected chi connectivity index (χ0v) is 11.8. The van der Waals surface area contributed by atoms with Crippen molar-refractivity contribution in [1.82, 2.24) is 4.98 Å². The quantitative estimate of drug-likeness (QED) is 0.835. The van der Waals surface area contributed by atoms with Crippen LogP contribution in [0.3, 0.4) is 0 Å². The van der Waals surface area contributed by atoms with Gasteiger partial charge in [0.05, 0.1) is 0 Å². The number of fused-ring (bicyclic) bond motifs is 1. The Labute approximate surface area is 115 Å². The average molecular weight is 306 g/mol. The Bertz CT molecular complexity index is 626. The Morgan fingerprint density at radius 2 is 1.89 bits per heavy atom. The highest BCUT2D eigenvalue weighted by Crippen LogP contribution is 2.32. The molecule has 0 amide bonds. The van der Waals surface area contributed by atoms with E-state index in [0.29, 0.717) is 5.92 Å². The lowest BCUT2D eigenvalue weighted by atomic mass is 9.84. The van der Waals surface area contributed by atoms with Gasteiger partial charge < -0.3 is 4.98 Å². The van der Waals surface area contributed by atoms with Crippen LogP contribution in [0.1, 0.15) is 43.6 Å². The summed E-state index contributed by atoms with van der Waals surface area (Å²) in [5, 5.41) is 1.12. The first-order valence-corrected chi connectivity index (χ1v) is 7.36. The predicted octanol–water partition coefficient (Wildman–Crippen LogP) is 4.34. The van der Waals surface area contributed by atoms with Crippen LogP contribution < -0.4 is 5.56 Å². The van der Waals surface area contributed by atoms with Crippen molar-refractivity contribution in [2.45, 2.75) is 38.0 Å². The lowest BCUT2D eigenvalue weighted by Crippen LogP contribution is -2.18. The molecule has 18 heavy (non-hydrogen) atoms. The Balaban J connectivity index is 2.10. The summed E-state index contributed by atoms with van der Waals surface area (Å²) < 4.78 is 1.05. The number of H-pyrrole nitrogens is 1. The van der Waals surface area contributed by atoms with E-state index in [-0.39, 0.29) is 5.56 Å². The van der Waals surface area contributed by atoms with Gasteiger partial charge in [0.25, 0.3) is 5.56 Å².